The Morgan fingerprint density at radius 3 is 2.75 bits per heavy atom. The number of ether oxygens (including phenoxy) is 2. The highest BCUT2D eigenvalue weighted by molar-refractivity contribution is 5.97. The van der Waals surface area contributed by atoms with Crippen LogP contribution in [0.3, 0.4) is 0 Å². The molecule has 2 aliphatic carbocycles. The van der Waals surface area contributed by atoms with Crippen molar-refractivity contribution in [3.8, 4) is 0 Å². The number of anilines is 1. The third-order valence-corrected chi connectivity index (χ3v) is 6.68. The fraction of sp³-hybridized carbons (Fsp3) is 0.545. The van der Waals surface area contributed by atoms with Crippen LogP contribution < -0.4 is 4.90 Å². The maximum Gasteiger partial charge on any atom is 0.415 e. The first kappa shape index (κ1) is 17.6. The molecule has 0 unspecified atom stereocenters. The number of rotatable bonds is 1. The van der Waals surface area contributed by atoms with E-state index in [-0.39, 0.29) is 17.6 Å². The van der Waals surface area contributed by atoms with Crippen LogP contribution in [0.1, 0.15) is 52.0 Å². The lowest BCUT2D eigenvalue weighted by Gasteiger charge is -2.56. The maximum atomic E-state index is 13.4. The Bertz CT molecular complexity index is 902. The molecule has 0 aromatic heterocycles. The lowest BCUT2D eigenvalue weighted by atomic mass is 9.52. The Kier molecular flexibility index (Phi) is 3.47. The number of benzene rings is 1. The highest BCUT2D eigenvalue weighted by Gasteiger charge is 2.74. The molecule has 3 fully saturated rings. The average molecular weight is 382 g/mol. The summed E-state index contributed by atoms with van der Waals surface area (Å²) < 4.78 is 10.9. The van der Waals surface area contributed by atoms with Crippen LogP contribution in [0.15, 0.2) is 36.0 Å². The van der Waals surface area contributed by atoms with Crippen molar-refractivity contribution >= 4 is 17.9 Å². The number of hydrogen-bond acceptors (Lipinski definition) is 4. The lowest BCUT2D eigenvalue weighted by Crippen LogP contribution is -2.66. The van der Waals surface area contributed by atoms with E-state index in [1.54, 1.807) is 4.90 Å². The molecule has 1 aromatic carbocycles. The van der Waals surface area contributed by atoms with Gasteiger partial charge in [-0.3, -0.25) is 9.80 Å². The zero-order chi connectivity index (χ0) is 19.7. The molecule has 0 radical (unpaired) electrons. The summed E-state index contributed by atoms with van der Waals surface area (Å²) in [5.41, 5.74) is 2.24. The van der Waals surface area contributed by atoms with Crippen LogP contribution in [0.5, 0.6) is 0 Å². The van der Waals surface area contributed by atoms with E-state index in [4.69, 9.17) is 9.47 Å². The second kappa shape index (κ2) is 5.52. The molecule has 0 bridgehead atoms. The summed E-state index contributed by atoms with van der Waals surface area (Å²) in [7, 11) is 0. The van der Waals surface area contributed by atoms with E-state index in [1.807, 2.05) is 44.0 Å². The number of carbonyl (C=O) groups is 2. The fourth-order valence-electron chi connectivity index (χ4n) is 5.79. The van der Waals surface area contributed by atoms with Gasteiger partial charge in [-0.2, -0.15) is 0 Å². The standard InChI is InChI=1S/C22H26N2O4/c1-20(2,3)28-19(26)24-17-8-5-4-7-16(17)21-9-6-10-22(21,24)15(13-21)14-23-11-12-27-18(23)25/h4-5,7-8,14H,6,9-13H2,1-3H3/b15-14-/t21-,22-/m1/s1. The molecule has 2 heterocycles. The van der Waals surface area contributed by atoms with Crippen LogP contribution in [0.4, 0.5) is 15.3 Å². The Labute approximate surface area is 165 Å². The molecule has 2 saturated carbocycles. The predicted molar refractivity (Wildman–Crippen MR) is 104 cm³/mol. The molecule has 2 amide bonds. The molecule has 28 heavy (non-hydrogen) atoms. The van der Waals surface area contributed by atoms with Crippen LogP contribution in [-0.2, 0) is 14.9 Å². The summed E-state index contributed by atoms with van der Waals surface area (Å²) in [6.45, 7) is 6.65. The topological polar surface area (TPSA) is 59.1 Å². The molecule has 2 atom stereocenters. The van der Waals surface area contributed by atoms with Crippen molar-refractivity contribution in [3.05, 3.63) is 41.6 Å². The number of nitrogens with zero attached hydrogens (tertiary/aromatic N) is 2. The van der Waals surface area contributed by atoms with E-state index >= 15 is 0 Å². The summed E-state index contributed by atoms with van der Waals surface area (Å²) in [5, 5.41) is 0. The molecule has 148 valence electrons. The number of cyclic esters (lactones) is 1. The van der Waals surface area contributed by atoms with Crippen LogP contribution >= 0.6 is 0 Å². The number of amides is 2. The fourth-order valence-corrected chi connectivity index (χ4v) is 5.79. The van der Waals surface area contributed by atoms with Crippen molar-refractivity contribution in [1.82, 2.24) is 4.90 Å². The van der Waals surface area contributed by atoms with Crippen LogP contribution in [0.2, 0.25) is 0 Å². The largest absolute Gasteiger partial charge is 0.447 e. The van der Waals surface area contributed by atoms with Gasteiger partial charge in [0, 0.05) is 11.6 Å². The van der Waals surface area contributed by atoms with E-state index < -0.39 is 11.1 Å². The highest BCUT2D eigenvalue weighted by atomic mass is 16.6. The van der Waals surface area contributed by atoms with Crippen molar-refractivity contribution in [2.24, 2.45) is 0 Å². The van der Waals surface area contributed by atoms with Gasteiger partial charge in [0.25, 0.3) is 0 Å². The predicted octanol–water partition coefficient (Wildman–Crippen LogP) is 4.34. The SMILES string of the molecule is CC(C)(C)OC(=O)N1c2ccccc2[C@]23CCC[C@]12/C(=C\N1CCOC1=O)C3. The van der Waals surface area contributed by atoms with E-state index in [0.717, 1.165) is 36.9 Å². The normalized spacial score (nSPS) is 32.0. The van der Waals surface area contributed by atoms with Gasteiger partial charge in [0.05, 0.1) is 17.8 Å². The van der Waals surface area contributed by atoms with E-state index in [2.05, 4.69) is 12.1 Å². The molecule has 0 spiro atoms. The number of fused-ring (bicyclic) bond motifs is 1. The summed E-state index contributed by atoms with van der Waals surface area (Å²) in [4.78, 5) is 28.9. The molecular weight excluding hydrogens is 356 g/mol. The van der Waals surface area contributed by atoms with Crippen molar-refractivity contribution in [1.29, 1.82) is 0 Å². The maximum absolute atomic E-state index is 13.4. The summed E-state index contributed by atoms with van der Waals surface area (Å²) >= 11 is 0. The van der Waals surface area contributed by atoms with Gasteiger partial charge in [-0.25, -0.2) is 9.59 Å². The molecule has 6 nitrogen and oxygen atoms in total. The minimum Gasteiger partial charge on any atom is -0.447 e. The van der Waals surface area contributed by atoms with Crippen molar-refractivity contribution in [2.45, 2.75) is 63.0 Å². The second-order valence-electron chi connectivity index (χ2n) is 9.27. The average Bonchev–Trinajstić information content (AvgIpc) is 3.18. The smallest absolute Gasteiger partial charge is 0.415 e. The summed E-state index contributed by atoms with van der Waals surface area (Å²) in [6, 6.07) is 8.20. The molecule has 4 aliphatic rings. The monoisotopic (exact) mass is 382 g/mol. The van der Waals surface area contributed by atoms with E-state index in [0.29, 0.717) is 13.2 Å². The van der Waals surface area contributed by atoms with Gasteiger partial charge in [-0.15, -0.1) is 0 Å². The molecule has 0 N–H and O–H groups in total. The van der Waals surface area contributed by atoms with Gasteiger partial charge in [-0.05, 0) is 63.7 Å². The molecule has 1 saturated heterocycles. The van der Waals surface area contributed by atoms with Crippen LogP contribution in [0, 0.1) is 0 Å². The van der Waals surface area contributed by atoms with Gasteiger partial charge >= 0.3 is 12.2 Å². The first-order valence-corrected chi connectivity index (χ1v) is 10.1. The first-order chi connectivity index (χ1) is 13.3. The second-order valence-corrected chi connectivity index (χ2v) is 9.27. The molecule has 1 aromatic rings. The first-order valence-electron chi connectivity index (χ1n) is 10.1. The summed E-state index contributed by atoms with van der Waals surface area (Å²) in [6.07, 6.45) is 5.17. The van der Waals surface area contributed by atoms with Crippen molar-refractivity contribution in [2.75, 3.05) is 18.1 Å². The Balaban J connectivity index is 1.63. The van der Waals surface area contributed by atoms with Crippen LogP contribution in [-0.4, -0.2) is 41.4 Å². The number of carbonyl (C=O) groups excluding carboxylic acids is 2. The van der Waals surface area contributed by atoms with Gasteiger partial charge in [-0.1, -0.05) is 18.2 Å². The lowest BCUT2D eigenvalue weighted by molar-refractivity contribution is 0.0503. The highest BCUT2D eigenvalue weighted by Crippen LogP contribution is 2.72. The summed E-state index contributed by atoms with van der Waals surface area (Å²) in [5.74, 6) is 0. The quantitative estimate of drug-likeness (QED) is 0.725. The Morgan fingerprint density at radius 2 is 2.04 bits per heavy atom. The minimum absolute atomic E-state index is 0.0735. The Morgan fingerprint density at radius 1 is 1.25 bits per heavy atom. The van der Waals surface area contributed by atoms with Gasteiger partial charge in [0.1, 0.15) is 12.2 Å². The zero-order valence-electron chi connectivity index (χ0n) is 16.7. The minimum atomic E-state index is -0.571. The zero-order valence-corrected chi connectivity index (χ0v) is 16.7. The van der Waals surface area contributed by atoms with E-state index in [1.165, 1.54) is 5.56 Å². The third kappa shape index (κ3) is 2.09. The number of para-hydroxylation sites is 1. The molecule has 2 aliphatic heterocycles. The van der Waals surface area contributed by atoms with Crippen LogP contribution in [0.25, 0.3) is 0 Å². The van der Waals surface area contributed by atoms with Gasteiger partial charge in [0.2, 0.25) is 0 Å². The van der Waals surface area contributed by atoms with Gasteiger partial charge < -0.3 is 9.47 Å². The molecule has 6 heteroatoms. The van der Waals surface area contributed by atoms with E-state index in [9.17, 15) is 9.59 Å². The van der Waals surface area contributed by atoms with Gasteiger partial charge in [0.15, 0.2) is 0 Å². The third-order valence-electron chi connectivity index (χ3n) is 6.68. The van der Waals surface area contributed by atoms with Crippen molar-refractivity contribution in [3.63, 3.8) is 0 Å². The molecule has 5 rings (SSSR count). The molecular formula is C22H26N2O4. The Hall–Kier alpha value is -2.50. The van der Waals surface area contributed by atoms with Crippen molar-refractivity contribution < 1.29 is 19.1 Å². The number of hydrogen-bond donors (Lipinski definition) is 0.